The van der Waals surface area contributed by atoms with Gasteiger partial charge >= 0.3 is 0 Å². The molecule has 2 saturated heterocycles. The van der Waals surface area contributed by atoms with Gasteiger partial charge < -0.3 is 4.90 Å². The van der Waals surface area contributed by atoms with Crippen LogP contribution in [-0.4, -0.2) is 31.2 Å². The van der Waals surface area contributed by atoms with Crippen LogP contribution < -0.4 is 14.8 Å². The van der Waals surface area contributed by atoms with Gasteiger partial charge in [0.15, 0.2) is 0 Å². The summed E-state index contributed by atoms with van der Waals surface area (Å²) < 4.78 is 3.98. The second-order valence-corrected chi connectivity index (χ2v) is 11.2. The van der Waals surface area contributed by atoms with Crippen LogP contribution >= 0.6 is 11.3 Å². The molecule has 3 heterocycles. The Bertz CT molecular complexity index is 1100. The van der Waals surface area contributed by atoms with Crippen LogP contribution in [0.1, 0.15) is 83.1 Å². The molecule has 4 aliphatic rings. The van der Waals surface area contributed by atoms with Crippen LogP contribution in [0.4, 0.5) is 5.69 Å². The van der Waals surface area contributed by atoms with Gasteiger partial charge in [0.05, 0.1) is 20.8 Å². The van der Waals surface area contributed by atoms with E-state index in [1.165, 1.54) is 135 Å². The van der Waals surface area contributed by atoms with Crippen LogP contribution in [0.5, 0.6) is 0 Å². The first kappa shape index (κ1) is 22.8. The van der Waals surface area contributed by atoms with Crippen molar-refractivity contribution in [2.24, 2.45) is 0 Å². The molecule has 0 N–H and O–H groups in total. The quantitative estimate of drug-likeness (QED) is 0.217. The first-order valence-corrected chi connectivity index (χ1v) is 14.3. The van der Waals surface area contributed by atoms with Gasteiger partial charge in [0.2, 0.25) is 5.36 Å². The number of anilines is 1. The van der Waals surface area contributed by atoms with Crippen molar-refractivity contribution in [2.45, 2.75) is 84.0 Å². The molecular weight excluding hydrogens is 422 g/mol. The lowest BCUT2D eigenvalue weighted by atomic mass is 10.0. The molecule has 4 heteroatoms. The Kier molecular flexibility index (Phi) is 7.60. The summed E-state index contributed by atoms with van der Waals surface area (Å²) in [6.45, 7) is 7.10. The lowest BCUT2D eigenvalue weighted by Gasteiger charge is -2.29. The lowest BCUT2D eigenvalue weighted by Crippen LogP contribution is -2.36. The molecule has 0 unspecified atom stereocenters. The molecule has 0 aromatic heterocycles. The van der Waals surface area contributed by atoms with Gasteiger partial charge in [-0.1, -0.05) is 32.6 Å². The Labute approximate surface area is 203 Å². The van der Waals surface area contributed by atoms with E-state index in [4.69, 9.17) is 4.98 Å². The van der Waals surface area contributed by atoms with Gasteiger partial charge in [-0.3, -0.25) is 0 Å². The summed E-state index contributed by atoms with van der Waals surface area (Å²) in [5.74, 6) is 0. The maximum Gasteiger partial charge on any atom is 0.204 e. The minimum atomic E-state index is 1.15. The number of aromatic nitrogens is 1. The highest BCUT2D eigenvalue weighted by atomic mass is 32.1. The van der Waals surface area contributed by atoms with Crippen molar-refractivity contribution in [1.29, 1.82) is 0 Å². The van der Waals surface area contributed by atoms with E-state index in [9.17, 15) is 0 Å². The molecule has 3 nitrogen and oxygen atoms in total. The molecule has 1 aliphatic carbocycles. The highest BCUT2D eigenvalue weighted by Gasteiger charge is 2.19. The highest BCUT2D eigenvalue weighted by molar-refractivity contribution is 7.21. The third-order valence-corrected chi connectivity index (χ3v) is 8.63. The van der Waals surface area contributed by atoms with E-state index in [0.29, 0.717) is 0 Å². The van der Waals surface area contributed by atoms with Crippen molar-refractivity contribution >= 4 is 27.2 Å². The van der Waals surface area contributed by atoms with Gasteiger partial charge in [0.25, 0.3) is 0 Å². The molecule has 0 bridgehead atoms. The van der Waals surface area contributed by atoms with Crippen molar-refractivity contribution in [3.8, 4) is 10.6 Å². The largest absolute Gasteiger partial charge is 0.371 e. The maximum atomic E-state index is 5.14. The summed E-state index contributed by atoms with van der Waals surface area (Å²) in [7, 11) is 0. The van der Waals surface area contributed by atoms with Crippen molar-refractivity contribution in [1.82, 2.24) is 9.56 Å². The van der Waals surface area contributed by atoms with E-state index in [0.717, 1.165) is 5.52 Å². The number of fused-ring (bicyclic) bond motifs is 2. The summed E-state index contributed by atoms with van der Waals surface area (Å²) in [4.78, 5) is 9.04. The molecular formula is C29H40N3S+. The molecule has 33 heavy (non-hydrogen) atoms. The third-order valence-electron chi connectivity index (χ3n) is 7.53. The zero-order chi connectivity index (χ0) is 22.5. The van der Waals surface area contributed by atoms with Crippen molar-refractivity contribution in [3.63, 3.8) is 0 Å². The van der Waals surface area contributed by atoms with Crippen LogP contribution in [0.2, 0.25) is 0 Å². The molecule has 176 valence electrons. The fourth-order valence-corrected chi connectivity index (χ4v) is 6.61. The zero-order valence-corrected chi connectivity index (χ0v) is 21.3. The topological polar surface area (TPSA) is 19.1 Å². The van der Waals surface area contributed by atoms with Crippen LogP contribution in [0, 0.1) is 0 Å². The van der Waals surface area contributed by atoms with E-state index < -0.39 is 0 Å². The second-order valence-electron chi connectivity index (χ2n) is 10.1. The molecule has 0 spiro atoms. The zero-order valence-electron chi connectivity index (χ0n) is 20.5. The first-order valence-electron chi connectivity index (χ1n) is 13.5. The third kappa shape index (κ3) is 5.42. The minimum absolute atomic E-state index is 1.15. The van der Waals surface area contributed by atoms with Crippen molar-refractivity contribution in [2.75, 3.05) is 31.1 Å². The van der Waals surface area contributed by atoms with Crippen LogP contribution in [-0.2, 0) is 6.42 Å². The lowest BCUT2D eigenvalue weighted by molar-refractivity contribution is 0.449. The fourth-order valence-electron chi connectivity index (χ4n) is 5.59. The number of aryl methyl sites for hydroxylation is 1. The first-order chi connectivity index (χ1) is 16.3. The number of rotatable bonds is 7. The monoisotopic (exact) mass is 462 g/mol. The van der Waals surface area contributed by atoms with E-state index >= 15 is 0 Å². The fraction of sp³-hybridized carbons (Fsp3) is 0.586. The smallest absolute Gasteiger partial charge is 0.204 e. The Hall–Kier alpha value is -1.94. The Morgan fingerprint density at radius 3 is 2.48 bits per heavy atom. The minimum Gasteiger partial charge on any atom is -0.371 e. The average molecular weight is 463 g/mol. The van der Waals surface area contributed by atoms with Gasteiger partial charge in [-0.15, -0.1) is 11.3 Å². The Morgan fingerprint density at radius 1 is 0.879 bits per heavy atom. The molecule has 0 amide bonds. The molecule has 0 radical (unpaired) electrons. The van der Waals surface area contributed by atoms with Gasteiger partial charge in [0.1, 0.15) is 13.1 Å². The second kappa shape index (κ2) is 11.0. The van der Waals surface area contributed by atoms with Crippen LogP contribution in [0.15, 0.2) is 30.3 Å². The van der Waals surface area contributed by atoms with E-state index in [1.54, 1.807) is 0 Å². The van der Waals surface area contributed by atoms with Crippen molar-refractivity contribution in [3.05, 3.63) is 41.3 Å². The number of nitrogens with zero attached hydrogens (tertiary/aromatic N) is 3. The molecule has 1 aromatic rings. The average Bonchev–Trinajstić information content (AvgIpc) is 2.87. The van der Waals surface area contributed by atoms with Gasteiger partial charge in [-0.25, -0.2) is 9.56 Å². The number of unbranched alkanes of at least 4 members (excludes halogenated alkanes) is 4. The number of hydrogen-bond acceptors (Lipinski definition) is 3. The van der Waals surface area contributed by atoms with E-state index in [2.05, 4.69) is 46.7 Å². The molecule has 0 saturated carbocycles. The molecule has 5 rings (SSSR count). The number of piperidine rings is 2. The van der Waals surface area contributed by atoms with E-state index in [1.807, 2.05) is 11.3 Å². The van der Waals surface area contributed by atoms with E-state index in [-0.39, 0.29) is 0 Å². The molecule has 0 atom stereocenters. The summed E-state index contributed by atoms with van der Waals surface area (Å²) in [6.07, 6.45) is 15.9. The molecule has 1 aromatic carbocycles. The van der Waals surface area contributed by atoms with Gasteiger partial charge in [0, 0.05) is 43.2 Å². The normalized spacial score (nSPS) is 17.2. The summed E-state index contributed by atoms with van der Waals surface area (Å²) in [5, 5.41) is 1.49. The Balaban J connectivity index is 1.52. The van der Waals surface area contributed by atoms with Gasteiger partial charge in [-0.2, -0.15) is 0 Å². The predicted molar refractivity (Wildman–Crippen MR) is 144 cm³/mol. The molecule has 3 aliphatic heterocycles. The number of hydrogen-bond donors (Lipinski definition) is 0. The summed E-state index contributed by atoms with van der Waals surface area (Å²) in [6, 6.07) is 11.8. The van der Waals surface area contributed by atoms with Gasteiger partial charge in [-0.05, 0) is 62.8 Å². The summed E-state index contributed by atoms with van der Waals surface area (Å²) in [5.41, 5.74) is 5.22. The predicted octanol–water partition coefficient (Wildman–Crippen LogP) is 6.86. The highest BCUT2D eigenvalue weighted by Crippen LogP contribution is 2.33. The Morgan fingerprint density at radius 2 is 1.67 bits per heavy atom. The standard InChI is InChI=1S/C29H40N3S/c1-2-3-4-5-8-13-23-20-26-29(22-27(23)32-18-11-7-12-19-32)33-28-21-24(14-15-25(28)30-26)31-16-9-6-10-17-31/h14-15,20-22H,2-13,16-19H2,1H3/q+1. The summed E-state index contributed by atoms with van der Waals surface area (Å²) >= 11 is 1.94. The van der Waals surface area contributed by atoms with Crippen molar-refractivity contribution < 1.29 is 0 Å². The maximum absolute atomic E-state index is 5.14. The molecule has 2 fully saturated rings. The number of benzene rings is 2. The SMILES string of the molecule is CCCCCCCc1cc2nc3ccc(N4CCCCC4)cc3sc-2cc1=[N+]1CCCCC1. The van der Waals surface area contributed by atoms with Crippen LogP contribution in [0.3, 0.4) is 0 Å². The van der Waals surface area contributed by atoms with Crippen LogP contribution in [0.25, 0.3) is 20.8 Å².